The number of aryl methyl sites for hydroxylation is 2. The third-order valence-corrected chi connectivity index (χ3v) is 2.14. The van der Waals surface area contributed by atoms with E-state index in [0.717, 1.165) is 17.1 Å². The number of anilines is 1. The first kappa shape index (κ1) is 11.5. The van der Waals surface area contributed by atoms with Crippen molar-refractivity contribution in [1.82, 2.24) is 4.98 Å². The molecule has 4 heteroatoms. The highest BCUT2D eigenvalue weighted by molar-refractivity contribution is 5.67. The molecule has 0 aliphatic rings. The molecule has 4 nitrogen and oxygen atoms in total. The fourth-order valence-corrected chi connectivity index (χ4v) is 1.39. The topological polar surface area (TPSA) is 53.4 Å². The van der Waals surface area contributed by atoms with Crippen LogP contribution in [0.5, 0.6) is 0 Å². The fourth-order valence-electron chi connectivity index (χ4n) is 1.39. The van der Waals surface area contributed by atoms with Gasteiger partial charge in [-0.1, -0.05) is 0 Å². The first-order chi connectivity index (χ1) is 6.99. The predicted octanol–water partition coefficient (Wildman–Crippen LogP) is 1.61. The zero-order chi connectivity index (χ0) is 11.4. The monoisotopic (exact) mass is 208 g/mol. The quantitative estimate of drug-likeness (QED) is 0.816. The van der Waals surface area contributed by atoms with Crippen molar-refractivity contribution >= 4 is 11.8 Å². The molecule has 0 unspecified atom stereocenters. The first-order valence-electron chi connectivity index (χ1n) is 4.87. The van der Waals surface area contributed by atoms with Crippen LogP contribution in [0.3, 0.4) is 0 Å². The smallest absolute Gasteiger partial charge is 0.305 e. The second kappa shape index (κ2) is 4.77. The summed E-state index contributed by atoms with van der Waals surface area (Å²) < 4.78 is 0. The van der Waals surface area contributed by atoms with E-state index in [0.29, 0.717) is 6.54 Å². The lowest BCUT2D eigenvalue weighted by Gasteiger charge is -2.17. The van der Waals surface area contributed by atoms with Crippen LogP contribution in [0.15, 0.2) is 12.1 Å². The van der Waals surface area contributed by atoms with Gasteiger partial charge in [-0.15, -0.1) is 0 Å². The van der Waals surface area contributed by atoms with Crippen molar-refractivity contribution in [3.8, 4) is 0 Å². The number of pyridine rings is 1. The average Bonchev–Trinajstić information content (AvgIpc) is 2.12. The van der Waals surface area contributed by atoms with E-state index in [1.54, 1.807) is 0 Å². The Balaban J connectivity index is 2.72. The van der Waals surface area contributed by atoms with Gasteiger partial charge in [0.25, 0.3) is 0 Å². The second-order valence-corrected chi connectivity index (χ2v) is 3.71. The molecule has 0 spiro atoms. The summed E-state index contributed by atoms with van der Waals surface area (Å²) in [6.45, 7) is 4.41. The van der Waals surface area contributed by atoms with Gasteiger partial charge in [-0.2, -0.15) is 0 Å². The molecule has 0 radical (unpaired) electrons. The molecular formula is C11H16N2O2. The summed E-state index contributed by atoms with van der Waals surface area (Å²) in [6.07, 6.45) is 0.130. The summed E-state index contributed by atoms with van der Waals surface area (Å²) >= 11 is 0. The summed E-state index contributed by atoms with van der Waals surface area (Å²) in [4.78, 5) is 16.6. The molecule has 0 aliphatic carbocycles. The number of carbonyl (C=O) groups is 1. The van der Waals surface area contributed by atoms with Crippen LogP contribution in [-0.4, -0.2) is 29.7 Å². The zero-order valence-corrected chi connectivity index (χ0v) is 9.32. The van der Waals surface area contributed by atoms with E-state index in [-0.39, 0.29) is 6.42 Å². The van der Waals surface area contributed by atoms with Gasteiger partial charge in [-0.3, -0.25) is 4.79 Å². The minimum absolute atomic E-state index is 0.130. The zero-order valence-electron chi connectivity index (χ0n) is 9.32. The normalized spacial score (nSPS) is 10.1. The Hall–Kier alpha value is -1.58. The van der Waals surface area contributed by atoms with Crippen LogP contribution in [0.25, 0.3) is 0 Å². The van der Waals surface area contributed by atoms with Gasteiger partial charge < -0.3 is 10.0 Å². The third-order valence-electron chi connectivity index (χ3n) is 2.14. The molecule has 0 saturated carbocycles. The van der Waals surface area contributed by atoms with Gasteiger partial charge in [-0.25, -0.2) is 4.98 Å². The average molecular weight is 208 g/mol. The number of hydrogen-bond donors (Lipinski definition) is 1. The van der Waals surface area contributed by atoms with E-state index in [1.807, 2.05) is 37.9 Å². The molecule has 1 rings (SSSR count). The van der Waals surface area contributed by atoms with Crippen molar-refractivity contribution in [2.24, 2.45) is 0 Å². The largest absolute Gasteiger partial charge is 0.481 e. The van der Waals surface area contributed by atoms with Crippen LogP contribution >= 0.6 is 0 Å². The maximum absolute atomic E-state index is 10.4. The van der Waals surface area contributed by atoms with Gasteiger partial charge in [0.1, 0.15) is 5.82 Å². The van der Waals surface area contributed by atoms with Crippen LogP contribution in [0.4, 0.5) is 5.82 Å². The van der Waals surface area contributed by atoms with Crippen molar-refractivity contribution in [3.05, 3.63) is 23.4 Å². The number of hydrogen-bond acceptors (Lipinski definition) is 3. The maximum atomic E-state index is 10.4. The molecule has 0 aromatic carbocycles. The van der Waals surface area contributed by atoms with Crippen molar-refractivity contribution in [2.75, 3.05) is 18.5 Å². The van der Waals surface area contributed by atoms with Crippen LogP contribution in [0.1, 0.15) is 17.7 Å². The number of rotatable bonds is 4. The molecule has 15 heavy (non-hydrogen) atoms. The summed E-state index contributed by atoms with van der Waals surface area (Å²) in [5.74, 6) is 0.0416. The molecule has 1 heterocycles. The molecule has 0 aliphatic heterocycles. The summed E-state index contributed by atoms with van der Waals surface area (Å²) in [7, 11) is 1.85. The van der Waals surface area contributed by atoms with Gasteiger partial charge in [-0.05, 0) is 31.5 Å². The number of aromatic nitrogens is 1. The minimum atomic E-state index is -0.786. The third kappa shape index (κ3) is 3.58. The Morgan fingerprint density at radius 1 is 1.47 bits per heavy atom. The molecule has 0 atom stereocenters. The lowest BCUT2D eigenvalue weighted by Crippen LogP contribution is -2.22. The highest BCUT2D eigenvalue weighted by Gasteiger charge is 2.05. The van der Waals surface area contributed by atoms with Gasteiger partial charge in [0, 0.05) is 19.3 Å². The molecule has 0 saturated heterocycles. The Morgan fingerprint density at radius 3 is 2.67 bits per heavy atom. The molecule has 0 amide bonds. The van der Waals surface area contributed by atoms with Gasteiger partial charge in [0.2, 0.25) is 0 Å². The number of nitrogens with zero attached hydrogens (tertiary/aromatic N) is 2. The molecule has 1 N–H and O–H groups in total. The van der Waals surface area contributed by atoms with E-state index in [1.165, 1.54) is 0 Å². The van der Waals surface area contributed by atoms with Gasteiger partial charge in [0.15, 0.2) is 0 Å². The number of carboxylic acids is 1. The highest BCUT2D eigenvalue weighted by atomic mass is 16.4. The molecule has 1 aromatic rings. The number of aliphatic carboxylic acids is 1. The minimum Gasteiger partial charge on any atom is -0.481 e. The molecule has 0 fully saturated rings. The Kier molecular flexibility index (Phi) is 3.66. The second-order valence-electron chi connectivity index (χ2n) is 3.71. The van der Waals surface area contributed by atoms with Crippen molar-refractivity contribution in [3.63, 3.8) is 0 Å². The Bertz CT molecular complexity index is 343. The Labute approximate surface area is 89.6 Å². The molecule has 1 aromatic heterocycles. The van der Waals surface area contributed by atoms with E-state index in [2.05, 4.69) is 4.98 Å². The summed E-state index contributed by atoms with van der Waals surface area (Å²) in [5, 5.41) is 8.57. The van der Waals surface area contributed by atoms with E-state index in [9.17, 15) is 4.79 Å². The number of carboxylic acid groups (broad SMARTS) is 1. The molecule has 0 bridgehead atoms. The van der Waals surface area contributed by atoms with Crippen LogP contribution < -0.4 is 4.90 Å². The van der Waals surface area contributed by atoms with Crippen molar-refractivity contribution in [2.45, 2.75) is 20.3 Å². The Morgan fingerprint density at radius 2 is 2.13 bits per heavy atom. The molecular weight excluding hydrogens is 192 g/mol. The fraction of sp³-hybridized carbons (Fsp3) is 0.455. The van der Waals surface area contributed by atoms with E-state index >= 15 is 0 Å². The highest BCUT2D eigenvalue weighted by Crippen LogP contribution is 2.13. The lowest BCUT2D eigenvalue weighted by atomic mass is 10.2. The van der Waals surface area contributed by atoms with Crippen molar-refractivity contribution < 1.29 is 9.90 Å². The van der Waals surface area contributed by atoms with Crippen LogP contribution in [0, 0.1) is 13.8 Å². The van der Waals surface area contributed by atoms with Crippen LogP contribution in [-0.2, 0) is 4.79 Å². The maximum Gasteiger partial charge on any atom is 0.305 e. The van der Waals surface area contributed by atoms with Gasteiger partial charge in [0.05, 0.1) is 6.42 Å². The lowest BCUT2D eigenvalue weighted by molar-refractivity contribution is -0.136. The first-order valence-corrected chi connectivity index (χ1v) is 4.87. The summed E-state index contributed by atoms with van der Waals surface area (Å²) in [6, 6.07) is 3.95. The SMILES string of the molecule is Cc1cc(C)nc(N(C)CCC(=O)O)c1. The van der Waals surface area contributed by atoms with Gasteiger partial charge >= 0.3 is 5.97 Å². The molecule has 82 valence electrons. The van der Waals surface area contributed by atoms with Crippen LogP contribution in [0.2, 0.25) is 0 Å². The van der Waals surface area contributed by atoms with Crippen molar-refractivity contribution in [1.29, 1.82) is 0 Å². The standard InChI is InChI=1S/C11H16N2O2/c1-8-6-9(2)12-10(7-8)13(3)5-4-11(14)15/h6-7H,4-5H2,1-3H3,(H,14,15). The summed E-state index contributed by atoms with van der Waals surface area (Å²) in [5.41, 5.74) is 2.09. The van der Waals surface area contributed by atoms with E-state index in [4.69, 9.17) is 5.11 Å². The predicted molar refractivity (Wildman–Crippen MR) is 59.2 cm³/mol. The van der Waals surface area contributed by atoms with E-state index < -0.39 is 5.97 Å².